The number of carbonyl (C=O) groups excluding carboxylic acids is 2. The monoisotopic (exact) mass is 456 g/mol. The Hall–Kier alpha value is -1.94. The van der Waals surface area contributed by atoms with E-state index in [1.54, 1.807) is 17.5 Å². The number of benzene rings is 1. The summed E-state index contributed by atoms with van der Waals surface area (Å²) in [6.45, 7) is 0.680. The van der Waals surface area contributed by atoms with Gasteiger partial charge in [-0.1, -0.05) is 17.7 Å². The normalized spacial score (nSPS) is 17.6. The zero-order valence-corrected chi connectivity index (χ0v) is 17.9. The molecule has 2 atom stereocenters. The zero-order chi connectivity index (χ0) is 20.9. The molecule has 2 heterocycles. The number of ether oxygens (including phenoxy) is 1. The molecule has 0 aliphatic carbocycles. The van der Waals surface area contributed by atoms with Gasteiger partial charge in [0.2, 0.25) is 0 Å². The number of hydrogen-bond donors (Lipinski definition) is 2. The predicted molar refractivity (Wildman–Crippen MR) is 111 cm³/mol. The van der Waals surface area contributed by atoms with E-state index in [2.05, 4.69) is 10.6 Å². The first-order valence-corrected chi connectivity index (χ1v) is 11.9. The Morgan fingerprint density at radius 1 is 1.17 bits per heavy atom. The van der Waals surface area contributed by atoms with Gasteiger partial charge in [-0.3, -0.25) is 9.59 Å². The van der Waals surface area contributed by atoms with Crippen LogP contribution in [-0.4, -0.2) is 46.0 Å². The first-order valence-electron chi connectivity index (χ1n) is 9.08. The standard InChI is InChI=1S/C19H21ClN2O5S2/c20-13-5-7-15(8-6-13)29(25,26)17(16-4-2-10-28-16)12-22-19(24)18(23)21-11-14-3-1-9-27-14/h2,4-8,10,14,17H,1,3,9,11-12H2,(H,21,23)(H,22,24)/t14-,17-/m0/s1. The van der Waals surface area contributed by atoms with Crippen LogP contribution < -0.4 is 10.6 Å². The van der Waals surface area contributed by atoms with Gasteiger partial charge < -0.3 is 15.4 Å². The maximum Gasteiger partial charge on any atom is 0.309 e. The first kappa shape index (κ1) is 21.8. The molecule has 0 saturated carbocycles. The first-order chi connectivity index (χ1) is 13.9. The van der Waals surface area contributed by atoms with Crippen LogP contribution >= 0.6 is 22.9 Å². The lowest BCUT2D eigenvalue weighted by Crippen LogP contribution is -2.44. The molecule has 0 spiro atoms. The van der Waals surface area contributed by atoms with Crippen molar-refractivity contribution < 1.29 is 22.7 Å². The van der Waals surface area contributed by atoms with Gasteiger partial charge in [0.25, 0.3) is 0 Å². The smallest absolute Gasteiger partial charge is 0.309 e. The highest BCUT2D eigenvalue weighted by molar-refractivity contribution is 7.91. The SMILES string of the molecule is O=C(NC[C@@H]1CCCO1)C(=O)NC[C@@H](c1cccs1)S(=O)(=O)c1ccc(Cl)cc1. The van der Waals surface area contributed by atoms with Crippen LogP contribution in [0.2, 0.25) is 5.02 Å². The molecule has 156 valence electrons. The molecule has 0 radical (unpaired) electrons. The molecule has 1 aromatic carbocycles. The lowest BCUT2D eigenvalue weighted by atomic mass is 10.2. The largest absolute Gasteiger partial charge is 0.376 e. The Morgan fingerprint density at radius 2 is 1.90 bits per heavy atom. The number of carbonyl (C=O) groups is 2. The number of hydrogen-bond acceptors (Lipinski definition) is 6. The van der Waals surface area contributed by atoms with Crippen molar-refractivity contribution in [2.45, 2.75) is 29.1 Å². The molecule has 1 aliphatic rings. The second-order valence-corrected chi connectivity index (χ2v) is 10.1. The maximum atomic E-state index is 13.1. The third kappa shape index (κ3) is 5.57. The van der Waals surface area contributed by atoms with Gasteiger partial charge in [-0.15, -0.1) is 11.3 Å². The van der Waals surface area contributed by atoms with E-state index in [0.29, 0.717) is 16.5 Å². The van der Waals surface area contributed by atoms with Crippen molar-refractivity contribution in [3.8, 4) is 0 Å². The molecule has 2 amide bonds. The van der Waals surface area contributed by atoms with Crippen LogP contribution in [0.15, 0.2) is 46.7 Å². The molecule has 2 aromatic rings. The number of rotatable bonds is 7. The number of nitrogens with one attached hydrogen (secondary N) is 2. The molecule has 1 saturated heterocycles. The predicted octanol–water partition coefficient (Wildman–Crippen LogP) is 2.33. The van der Waals surface area contributed by atoms with E-state index in [1.807, 2.05) is 0 Å². The Bertz CT molecular complexity index is 939. The maximum absolute atomic E-state index is 13.1. The van der Waals surface area contributed by atoms with Gasteiger partial charge in [-0.05, 0) is 48.6 Å². The third-order valence-corrected chi connectivity index (χ3v) is 8.03. The molecule has 3 rings (SSSR count). The summed E-state index contributed by atoms with van der Waals surface area (Å²) in [5.74, 6) is -1.69. The van der Waals surface area contributed by atoms with Gasteiger partial charge in [0.05, 0.1) is 11.0 Å². The van der Waals surface area contributed by atoms with Crippen molar-refractivity contribution in [2.24, 2.45) is 0 Å². The van der Waals surface area contributed by atoms with Gasteiger partial charge in [0.1, 0.15) is 5.25 Å². The van der Waals surface area contributed by atoms with Gasteiger partial charge >= 0.3 is 11.8 Å². The van der Waals surface area contributed by atoms with Crippen molar-refractivity contribution in [1.82, 2.24) is 10.6 Å². The molecule has 0 bridgehead atoms. The van der Waals surface area contributed by atoms with Crippen molar-refractivity contribution in [3.63, 3.8) is 0 Å². The van der Waals surface area contributed by atoms with E-state index in [-0.39, 0.29) is 24.1 Å². The Balaban J connectivity index is 1.67. The molecule has 1 aromatic heterocycles. The van der Waals surface area contributed by atoms with Crippen LogP contribution in [0.3, 0.4) is 0 Å². The average molecular weight is 457 g/mol. The van der Waals surface area contributed by atoms with E-state index < -0.39 is 26.9 Å². The lowest BCUT2D eigenvalue weighted by molar-refractivity contribution is -0.139. The second kappa shape index (κ2) is 9.71. The Labute approximate surface area is 178 Å². The molecular weight excluding hydrogens is 436 g/mol. The van der Waals surface area contributed by atoms with Gasteiger partial charge in [0, 0.05) is 29.6 Å². The average Bonchev–Trinajstić information content (AvgIpc) is 3.40. The van der Waals surface area contributed by atoms with Crippen LogP contribution in [0.4, 0.5) is 0 Å². The van der Waals surface area contributed by atoms with Crippen molar-refractivity contribution in [2.75, 3.05) is 19.7 Å². The molecular formula is C19H21ClN2O5S2. The molecule has 1 fully saturated rings. The van der Waals surface area contributed by atoms with Crippen LogP contribution in [-0.2, 0) is 24.2 Å². The molecule has 1 aliphatic heterocycles. The van der Waals surface area contributed by atoms with Crippen LogP contribution in [0.25, 0.3) is 0 Å². The molecule has 29 heavy (non-hydrogen) atoms. The van der Waals surface area contributed by atoms with E-state index in [9.17, 15) is 18.0 Å². The molecule has 10 heteroatoms. The summed E-state index contributed by atoms with van der Waals surface area (Å²) < 4.78 is 31.6. The van der Waals surface area contributed by atoms with Crippen LogP contribution in [0.5, 0.6) is 0 Å². The summed E-state index contributed by atoms with van der Waals surface area (Å²) in [6, 6.07) is 9.27. The third-order valence-electron chi connectivity index (χ3n) is 4.55. The van der Waals surface area contributed by atoms with E-state index in [0.717, 1.165) is 12.8 Å². The van der Waals surface area contributed by atoms with Crippen molar-refractivity contribution >= 4 is 44.6 Å². The molecule has 2 N–H and O–H groups in total. The summed E-state index contributed by atoms with van der Waals surface area (Å²) in [4.78, 5) is 24.8. The van der Waals surface area contributed by atoms with Gasteiger partial charge in [-0.25, -0.2) is 8.42 Å². The fraction of sp³-hybridized carbons (Fsp3) is 0.368. The van der Waals surface area contributed by atoms with E-state index in [1.165, 1.54) is 35.6 Å². The molecule has 0 unspecified atom stereocenters. The fourth-order valence-electron chi connectivity index (χ4n) is 2.98. The highest BCUT2D eigenvalue weighted by atomic mass is 35.5. The van der Waals surface area contributed by atoms with Crippen molar-refractivity contribution in [3.05, 3.63) is 51.7 Å². The van der Waals surface area contributed by atoms with Gasteiger partial charge in [0.15, 0.2) is 9.84 Å². The summed E-state index contributed by atoms with van der Waals surface area (Å²) in [6.07, 6.45) is 1.68. The zero-order valence-electron chi connectivity index (χ0n) is 15.5. The lowest BCUT2D eigenvalue weighted by Gasteiger charge is -2.17. The highest BCUT2D eigenvalue weighted by Crippen LogP contribution is 2.31. The van der Waals surface area contributed by atoms with Gasteiger partial charge in [-0.2, -0.15) is 0 Å². The highest BCUT2D eigenvalue weighted by Gasteiger charge is 2.31. The minimum atomic E-state index is -3.80. The topological polar surface area (TPSA) is 102 Å². The Kier molecular flexibility index (Phi) is 7.28. The second-order valence-electron chi connectivity index (χ2n) is 6.56. The van der Waals surface area contributed by atoms with Crippen LogP contribution in [0.1, 0.15) is 23.0 Å². The van der Waals surface area contributed by atoms with Crippen LogP contribution in [0, 0.1) is 0 Å². The fourth-order valence-corrected chi connectivity index (χ4v) is 5.89. The van der Waals surface area contributed by atoms with Crippen molar-refractivity contribution in [1.29, 1.82) is 0 Å². The summed E-state index contributed by atoms with van der Waals surface area (Å²) in [5, 5.41) is 6.13. The summed E-state index contributed by atoms with van der Waals surface area (Å²) in [7, 11) is -3.80. The number of thiophene rings is 1. The number of amides is 2. The minimum Gasteiger partial charge on any atom is -0.376 e. The quantitative estimate of drug-likeness (QED) is 0.622. The van der Waals surface area contributed by atoms with E-state index in [4.69, 9.17) is 16.3 Å². The van der Waals surface area contributed by atoms with E-state index >= 15 is 0 Å². The summed E-state index contributed by atoms with van der Waals surface area (Å²) in [5.41, 5.74) is 0. The summed E-state index contributed by atoms with van der Waals surface area (Å²) >= 11 is 7.12. The number of halogens is 1. The number of sulfone groups is 1. The Morgan fingerprint density at radius 3 is 2.52 bits per heavy atom. The molecule has 7 nitrogen and oxygen atoms in total. The minimum absolute atomic E-state index is 0.0871.